The zero-order chi connectivity index (χ0) is 43.6. The molecule has 2 aliphatic carbocycles. The Balaban J connectivity index is 1.38. The van der Waals surface area contributed by atoms with Crippen LogP contribution in [0.15, 0.2) is 89.3 Å². The van der Waals surface area contributed by atoms with Crippen LogP contribution in [0.4, 0.5) is 47.3 Å². The highest BCUT2D eigenvalue weighted by atomic mass is 19.4. The van der Waals surface area contributed by atoms with Gasteiger partial charge in [-0.05, 0) is 146 Å². The summed E-state index contributed by atoms with van der Waals surface area (Å²) in [5.41, 5.74) is 13.9. The van der Waals surface area contributed by atoms with Gasteiger partial charge in [-0.15, -0.1) is 0 Å². The van der Waals surface area contributed by atoms with E-state index in [0.717, 1.165) is 81.6 Å². The van der Waals surface area contributed by atoms with Crippen molar-refractivity contribution in [1.82, 2.24) is 0 Å². The van der Waals surface area contributed by atoms with Crippen molar-refractivity contribution in [2.75, 3.05) is 9.80 Å². The molecule has 61 heavy (non-hydrogen) atoms. The fraction of sp³-hybridized carbons (Fsp3) is 0.407. The first-order valence-electron chi connectivity index (χ1n) is 22.2. The number of fused-ring (bicyclic) bond motifs is 9. The van der Waals surface area contributed by atoms with Crippen LogP contribution in [0, 0.1) is 6.92 Å². The zero-order valence-electron chi connectivity index (χ0n) is 37.9. The number of furan rings is 1. The summed E-state index contributed by atoms with van der Waals surface area (Å²) in [6, 6.07) is 28.6. The summed E-state index contributed by atoms with van der Waals surface area (Å²) < 4.78 is 54.3. The van der Waals surface area contributed by atoms with E-state index in [1.807, 2.05) is 24.3 Å². The van der Waals surface area contributed by atoms with Gasteiger partial charge in [-0.2, -0.15) is 13.2 Å². The summed E-state index contributed by atoms with van der Waals surface area (Å²) >= 11 is 0. The number of benzene rings is 5. The van der Waals surface area contributed by atoms with Crippen LogP contribution in [0.3, 0.4) is 0 Å². The molecule has 0 bridgehead atoms. The molecular weight excluding hydrogens is 760 g/mol. The molecule has 0 fully saturated rings. The molecular formula is C54H58BF3N2O. The largest absolute Gasteiger partial charge is 0.468 e. The van der Waals surface area contributed by atoms with E-state index in [-0.39, 0.29) is 27.1 Å². The predicted molar refractivity (Wildman–Crippen MR) is 249 cm³/mol. The van der Waals surface area contributed by atoms with Gasteiger partial charge in [-0.25, -0.2) is 0 Å². The monoisotopic (exact) mass is 818 g/mol. The second-order valence-corrected chi connectivity index (χ2v) is 22.3. The van der Waals surface area contributed by atoms with E-state index in [9.17, 15) is 0 Å². The second kappa shape index (κ2) is 12.6. The lowest BCUT2D eigenvalue weighted by Gasteiger charge is -2.49. The summed E-state index contributed by atoms with van der Waals surface area (Å²) in [6.07, 6.45) is -0.526. The van der Waals surface area contributed by atoms with Crippen molar-refractivity contribution in [3.05, 3.63) is 124 Å². The molecule has 0 amide bonds. The highest BCUT2D eigenvalue weighted by Crippen LogP contribution is 2.56. The highest BCUT2D eigenvalue weighted by Gasteiger charge is 2.52. The van der Waals surface area contributed by atoms with Gasteiger partial charge >= 0.3 is 6.18 Å². The van der Waals surface area contributed by atoms with Crippen LogP contribution < -0.4 is 26.4 Å². The van der Waals surface area contributed by atoms with Crippen molar-refractivity contribution in [2.45, 2.75) is 142 Å². The molecule has 4 aliphatic rings. The lowest BCUT2D eigenvalue weighted by atomic mass is 9.35. The molecule has 0 saturated heterocycles. The summed E-state index contributed by atoms with van der Waals surface area (Å²) in [5, 5.41) is 0.879. The van der Waals surface area contributed by atoms with Crippen molar-refractivity contribution >= 4 is 68.4 Å². The van der Waals surface area contributed by atoms with Gasteiger partial charge in [0.1, 0.15) is 5.58 Å². The number of anilines is 6. The number of para-hydroxylation sites is 1. The Morgan fingerprint density at radius 1 is 0.590 bits per heavy atom. The highest BCUT2D eigenvalue weighted by molar-refractivity contribution is 7.00. The SMILES string of the molecule is Cc1cc(C(C)(C)C)ccc1N1c2cc(C(F)(F)F)cc3c2B(c2ccc4c(c2N3c2ccc3c(c2)C(C)(C)CCC3(C)C)C(C)(C)CCC4(C)C)c2oc3ccccc3c21. The summed E-state index contributed by atoms with van der Waals surface area (Å²) in [6.45, 7) is 26.8. The number of nitrogens with zero attached hydrogens (tertiary/aromatic N) is 2. The number of halogens is 3. The first kappa shape index (κ1) is 40.2. The number of hydrogen-bond acceptors (Lipinski definition) is 3. The summed E-state index contributed by atoms with van der Waals surface area (Å²) in [7, 11) is 0. The number of rotatable bonds is 2. The Bertz CT molecular complexity index is 2830. The molecule has 7 heteroatoms. The molecule has 10 rings (SSSR count). The maximum Gasteiger partial charge on any atom is 0.416 e. The molecule has 3 heterocycles. The van der Waals surface area contributed by atoms with Gasteiger partial charge in [0, 0.05) is 33.8 Å². The third kappa shape index (κ3) is 5.84. The minimum Gasteiger partial charge on any atom is -0.468 e. The van der Waals surface area contributed by atoms with E-state index in [2.05, 4.69) is 141 Å². The maximum absolute atomic E-state index is 15.8. The number of aryl methyl sites for hydroxylation is 1. The Hall–Kier alpha value is -4.91. The Morgan fingerprint density at radius 3 is 1.85 bits per heavy atom. The predicted octanol–water partition coefficient (Wildman–Crippen LogP) is 13.8. The molecule has 0 radical (unpaired) electrons. The lowest BCUT2D eigenvalue weighted by molar-refractivity contribution is -0.137. The Morgan fingerprint density at radius 2 is 1.20 bits per heavy atom. The van der Waals surface area contributed by atoms with Crippen LogP contribution in [0.1, 0.15) is 141 Å². The molecule has 6 aromatic rings. The fourth-order valence-corrected chi connectivity index (χ4v) is 11.4. The average Bonchev–Trinajstić information content (AvgIpc) is 3.56. The third-order valence-corrected chi connectivity index (χ3v) is 15.2. The molecule has 314 valence electrons. The smallest absolute Gasteiger partial charge is 0.416 e. The average molecular weight is 819 g/mol. The van der Waals surface area contributed by atoms with E-state index < -0.39 is 18.5 Å². The molecule has 0 N–H and O–H groups in total. The van der Waals surface area contributed by atoms with Crippen LogP contribution in [-0.4, -0.2) is 6.71 Å². The maximum atomic E-state index is 15.8. The van der Waals surface area contributed by atoms with E-state index in [4.69, 9.17) is 4.42 Å². The standard InChI is InChI=1S/C54H58BF3N2O/c1-31-27-32(49(2,3)4)17-22-40(31)60-42-29-33(54(56,57)58)28-41-45(42)55(48-46(60)35-15-13-14-16-43(35)61-48)39-21-20-37-44(53(11,12)26-25-51(37,7)8)47(39)59(41)34-18-19-36-38(30-34)52(9,10)24-23-50(36,5)6/h13-22,27-30H,23-26H2,1-12H3. The first-order chi connectivity index (χ1) is 28.4. The van der Waals surface area contributed by atoms with Crippen LogP contribution >= 0.6 is 0 Å². The van der Waals surface area contributed by atoms with Crippen LogP contribution in [0.2, 0.25) is 0 Å². The molecule has 0 spiro atoms. The quantitative estimate of drug-likeness (QED) is 0.162. The molecule has 0 atom stereocenters. The zero-order valence-corrected chi connectivity index (χ0v) is 37.9. The van der Waals surface area contributed by atoms with Crippen molar-refractivity contribution in [3.8, 4) is 0 Å². The molecule has 0 unspecified atom stereocenters. The minimum absolute atomic E-state index is 0.0204. The third-order valence-electron chi connectivity index (χ3n) is 15.2. The normalized spacial score (nSPS) is 19.2. The molecule has 5 aromatic carbocycles. The molecule has 2 aliphatic heterocycles. The minimum atomic E-state index is -4.61. The Kier molecular flexibility index (Phi) is 8.30. The van der Waals surface area contributed by atoms with Crippen molar-refractivity contribution in [3.63, 3.8) is 0 Å². The summed E-state index contributed by atoms with van der Waals surface area (Å²) in [5.74, 6) is 0. The topological polar surface area (TPSA) is 19.6 Å². The number of hydrogen-bond donors (Lipinski definition) is 0. The lowest BCUT2D eigenvalue weighted by Crippen LogP contribution is -2.61. The second-order valence-electron chi connectivity index (χ2n) is 22.3. The Labute approximate surface area is 360 Å². The number of alkyl halides is 3. The first-order valence-corrected chi connectivity index (χ1v) is 22.2. The van der Waals surface area contributed by atoms with Crippen molar-refractivity contribution < 1.29 is 17.6 Å². The van der Waals surface area contributed by atoms with Gasteiger partial charge in [0.15, 0.2) is 0 Å². The van der Waals surface area contributed by atoms with E-state index >= 15 is 13.2 Å². The van der Waals surface area contributed by atoms with Gasteiger partial charge in [-0.1, -0.05) is 119 Å². The van der Waals surface area contributed by atoms with E-state index in [1.54, 1.807) is 0 Å². The van der Waals surface area contributed by atoms with Crippen molar-refractivity contribution in [1.29, 1.82) is 0 Å². The van der Waals surface area contributed by atoms with Gasteiger partial charge in [-0.3, -0.25) is 0 Å². The molecule has 1 aromatic heterocycles. The van der Waals surface area contributed by atoms with E-state index in [1.165, 1.54) is 39.9 Å². The van der Waals surface area contributed by atoms with Crippen molar-refractivity contribution in [2.24, 2.45) is 0 Å². The van der Waals surface area contributed by atoms with Crippen LogP contribution in [-0.2, 0) is 33.3 Å². The molecule has 0 saturated carbocycles. The van der Waals surface area contributed by atoms with Crippen LogP contribution in [0.5, 0.6) is 0 Å². The van der Waals surface area contributed by atoms with Gasteiger partial charge < -0.3 is 14.2 Å². The fourth-order valence-electron chi connectivity index (χ4n) is 11.4. The van der Waals surface area contributed by atoms with E-state index in [0.29, 0.717) is 11.4 Å². The van der Waals surface area contributed by atoms with Gasteiger partial charge in [0.25, 0.3) is 6.71 Å². The summed E-state index contributed by atoms with van der Waals surface area (Å²) in [4.78, 5) is 4.32. The van der Waals surface area contributed by atoms with Crippen LogP contribution in [0.25, 0.3) is 11.0 Å². The molecule has 3 nitrogen and oxygen atoms in total. The van der Waals surface area contributed by atoms with Gasteiger partial charge in [0.05, 0.1) is 16.9 Å². The van der Waals surface area contributed by atoms with Gasteiger partial charge in [0.2, 0.25) is 0 Å².